The summed E-state index contributed by atoms with van der Waals surface area (Å²) in [6.07, 6.45) is 9.30. The summed E-state index contributed by atoms with van der Waals surface area (Å²) in [7, 11) is 1.30. The minimum absolute atomic E-state index is 0.0816. The molecule has 1 fully saturated rings. The molecule has 0 spiro atoms. The molecule has 2 aromatic carbocycles. The van der Waals surface area contributed by atoms with E-state index in [9.17, 15) is 14.4 Å². The van der Waals surface area contributed by atoms with Gasteiger partial charge in [0.05, 0.1) is 37.7 Å². The van der Waals surface area contributed by atoms with Crippen LogP contribution in [0, 0.1) is 5.41 Å². The van der Waals surface area contributed by atoms with Crippen molar-refractivity contribution < 1.29 is 23.9 Å². The van der Waals surface area contributed by atoms with E-state index < -0.39 is 12.1 Å². The smallest absolute Gasteiger partial charge is 0.411 e. The van der Waals surface area contributed by atoms with Crippen molar-refractivity contribution in [3.05, 3.63) is 83.4 Å². The zero-order valence-electron chi connectivity index (χ0n) is 28.4. The Labute approximate surface area is 300 Å². The largest absolute Gasteiger partial charge is 0.453 e. The van der Waals surface area contributed by atoms with Gasteiger partial charge >= 0.3 is 6.09 Å². The molecule has 3 amide bonds. The normalized spacial score (nSPS) is 18.4. The molecule has 2 aliphatic rings. The van der Waals surface area contributed by atoms with Crippen LogP contribution >= 0.6 is 11.6 Å². The Kier molecular flexibility index (Phi) is 11.2. The quantitative estimate of drug-likeness (QED) is 0.175. The average molecular weight is 714 g/mol. The van der Waals surface area contributed by atoms with Crippen LogP contribution in [0.15, 0.2) is 67.1 Å². The maximum Gasteiger partial charge on any atom is 0.411 e. The zero-order chi connectivity index (χ0) is 35.8. The summed E-state index contributed by atoms with van der Waals surface area (Å²) < 4.78 is 11.7. The molecule has 2 aliphatic heterocycles. The molecular weight excluding hydrogens is 674 g/mol. The number of hydrogen-bond acceptors (Lipinski definition) is 10. The van der Waals surface area contributed by atoms with Crippen molar-refractivity contribution in [1.29, 1.82) is 0 Å². The fourth-order valence-electron chi connectivity index (χ4n) is 6.09. The van der Waals surface area contributed by atoms with Gasteiger partial charge in [-0.15, -0.1) is 5.10 Å². The molecule has 1 saturated heterocycles. The summed E-state index contributed by atoms with van der Waals surface area (Å²) in [5.41, 5.74) is 4.72. The third-order valence-corrected chi connectivity index (χ3v) is 9.17. The van der Waals surface area contributed by atoms with Crippen molar-refractivity contribution in [3.8, 4) is 16.8 Å². The summed E-state index contributed by atoms with van der Waals surface area (Å²) in [5, 5.41) is 24.3. The number of rotatable bonds is 8. The molecule has 14 nitrogen and oxygen atoms in total. The molecular formula is C36H40ClN9O5. The van der Waals surface area contributed by atoms with Crippen LogP contribution in [-0.4, -0.2) is 76.0 Å². The van der Waals surface area contributed by atoms with Gasteiger partial charge in [0.1, 0.15) is 12.4 Å². The highest BCUT2D eigenvalue weighted by molar-refractivity contribution is 6.30. The Bertz CT molecular complexity index is 1900. The van der Waals surface area contributed by atoms with Crippen LogP contribution in [0.5, 0.6) is 0 Å². The second kappa shape index (κ2) is 16.1. The molecule has 0 saturated carbocycles. The fourth-order valence-corrected chi connectivity index (χ4v) is 6.27. The molecule has 4 N–H and O–H groups in total. The first-order valence-corrected chi connectivity index (χ1v) is 17.2. The van der Waals surface area contributed by atoms with Gasteiger partial charge in [-0.05, 0) is 77.4 Å². The van der Waals surface area contributed by atoms with E-state index in [1.165, 1.54) is 24.2 Å². The number of carbonyl (C=O) groups is 3. The van der Waals surface area contributed by atoms with Crippen LogP contribution in [0.1, 0.15) is 56.3 Å². The summed E-state index contributed by atoms with van der Waals surface area (Å²) in [6.45, 7) is 3.82. The minimum atomic E-state index is -0.606. The highest BCUT2D eigenvalue weighted by Crippen LogP contribution is 2.34. The maximum atomic E-state index is 13.6. The number of amides is 3. The number of ether oxygens (including phenoxy) is 2. The first-order valence-electron chi connectivity index (χ1n) is 16.8. The summed E-state index contributed by atoms with van der Waals surface area (Å²) >= 11 is 6.27. The van der Waals surface area contributed by atoms with E-state index >= 15 is 0 Å². The lowest BCUT2D eigenvalue weighted by Crippen LogP contribution is -2.51. The summed E-state index contributed by atoms with van der Waals surface area (Å²) in [6, 6.07) is 13.6. The number of benzene rings is 2. The zero-order valence-corrected chi connectivity index (χ0v) is 29.2. The molecule has 2 atom stereocenters. The van der Waals surface area contributed by atoms with Gasteiger partial charge in [-0.1, -0.05) is 43.9 Å². The van der Waals surface area contributed by atoms with Gasteiger partial charge in [0.25, 0.3) is 0 Å². The lowest BCUT2D eigenvalue weighted by atomic mass is 9.88. The molecule has 266 valence electrons. The van der Waals surface area contributed by atoms with E-state index in [0.29, 0.717) is 65.9 Å². The first-order chi connectivity index (χ1) is 24.7. The van der Waals surface area contributed by atoms with Gasteiger partial charge in [-0.25, -0.2) is 4.79 Å². The van der Waals surface area contributed by atoms with E-state index in [-0.39, 0.29) is 23.3 Å². The Morgan fingerprint density at radius 3 is 2.71 bits per heavy atom. The first kappa shape index (κ1) is 35.5. The van der Waals surface area contributed by atoms with Crippen molar-refractivity contribution in [2.45, 2.75) is 51.1 Å². The number of aromatic nitrogens is 5. The van der Waals surface area contributed by atoms with Gasteiger partial charge in [0, 0.05) is 51.8 Å². The Balaban J connectivity index is 1.27. The van der Waals surface area contributed by atoms with Crippen LogP contribution in [0.4, 0.5) is 16.2 Å². The lowest BCUT2D eigenvalue weighted by Gasteiger charge is -2.38. The van der Waals surface area contributed by atoms with Crippen molar-refractivity contribution in [3.63, 3.8) is 0 Å². The van der Waals surface area contributed by atoms with Crippen LogP contribution in [0.25, 0.3) is 22.9 Å². The molecule has 0 aliphatic carbocycles. The van der Waals surface area contributed by atoms with Gasteiger partial charge in [-0.2, -0.15) is 4.68 Å². The van der Waals surface area contributed by atoms with E-state index in [1.54, 1.807) is 42.6 Å². The average Bonchev–Trinajstić information content (AvgIpc) is 3.66. The van der Waals surface area contributed by atoms with Crippen LogP contribution in [-0.2, 0) is 19.1 Å². The number of methoxy groups -OCH3 is 1. The number of nitrogens with zero attached hydrogens (tertiary/aromatic N) is 5. The van der Waals surface area contributed by atoms with Crippen LogP contribution in [0.2, 0.25) is 5.02 Å². The van der Waals surface area contributed by atoms with Crippen LogP contribution in [0.3, 0.4) is 0 Å². The Hall–Kier alpha value is -5.34. The van der Waals surface area contributed by atoms with E-state index in [4.69, 9.17) is 21.1 Å². The number of anilines is 2. The van der Waals surface area contributed by atoms with Gasteiger partial charge < -0.3 is 25.4 Å². The number of halogens is 1. The number of pyridine rings is 1. The van der Waals surface area contributed by atoms with E-state index in [1.807, 2.05) is 18.2 Å². The second-order valence-corrected chi connectivity index (χ2v) is 13.5. The van der Waals surface area contributed by atoms with Gasteiger partial charge in [-0.3, -0.25) is 19.9 Å². The minimum Gasteiger partial charge on any atom is -0.453 e. The maximum absolute atomic E-state index is 13.6. The molecule has 0 unspecified atom stereocenters. The highest BCUT2D eigenvalue weighted by Gasteiger charge is 2.34. The number of carbonyl (C=O) groups excluding carboxylic acids is 3. The molecule has 6 rings (SSSR count). The molecule has 4 heterocycles. The van der Waals surface area contributed by atoms with E-state index in [2.05, 4.69) is 48.7 Å². The predicted molar refractivity (Wildman–Crippen MR) is 192 cm³/mol. The monoisotopic (exact) mass is 713 g/mol. The number of fused-ring (bicyclic) bond motifs is 4. The topological polar surface area (TPSA) is 174 Å². The van der Waals surface area contributed by atoms with Crippen molar-refractivity contribution >= 4 is 47.0 Å². The third kappa shape index (κ3) is 9.07. The standard InChI is InChI=1S/C36H40ClN9O5/c1-36(20-51-21-36)19-39-34(48)29-7-5-3-4-6-28(43-33(47)13-8-24-16-25(37)9-12-32(24)46-22-40-44-45-46)31-17-23(14-15-38-31)27-11-10-26(18-30(27)42-29)41-35(49)50-2/h8-18,22,28-29,42H,3-7,19-21H2,1-2H3,(H,39,48)(H,41,49)(H,43,47)/b13-8+/t28-,29+/m0/s1. The third-order valence-electron chi connectivity index (χ3n) is 8.94. The number of tetrazole rings is 1. The SMILES string of the molecule is COC(=O)Nc1ccc2c(c1)N[C@@H](C(=O)NCC1(C)COC1)CCCCC[C@H](NC(=O)/C=C/c1cc(Cl)ccc1-n1cnnn1)c1cc-2ccn1. The number of hydrogen-bond donors (Lipinski definition) is 4. The fraction of sp³-hybridized carbons (Fsp3) is 0.361. The predicted octanol–water partition coefficient (Wildman–Crippen LogP) is 5.32. The van der Waals surface area contributed by atoms with Gasteiger partial charge in [0.15, 0.2) is 0 Å². The summed E-state index contributed by atoms with van der Waals surface area (Å²) in [4.78, 5) is 43.8. The van der Waals surface area contributed by atoms with Crippen molar-refractivity contribution in [1.82, 2.24) is 35.8 Å². The Morgan fingerprint density at radius 2 is 1.94 bits per heavy atom. The number of nitrogens with one attached hydrogen (secondary N) is 4. The molecule has 51 heavy (non-hydrogen) atoms. The molecule has 0 radical (unpaired) electrons. The van der Waals surface area contributed by atoms with Crippen molar-refractivity contribution in [2.75, 3.05) is 37.5 Å². The second-order valence-electron chi connectivity index (χ2n) is 13.1. The Morgan fingerprint density at radius 1 is 1.10 bits per heavy atom. The highest BCUT2D eigenvalue weighted by atomic mass is 35.5. The molecule has 4 aromatic rings. The van der Waals surface area contributed by atoms with Crippen molar-refractivity contribution in [2.24, 2.45) is 5.41 Å². The molecule has 2 bridgehead atoms. The lowest BCUT2D eigenvalue weighted by molar-refractivity contribution is -0.127. The van der Waals surface area contributed by atoms with Gasteiger partial charge in [0.2, 0.25) is 11.8 Å². The van der Waals surface area contributed by atoms with Crippen LogP contribution < -0.4 is 21.3 Å². The molecule has 2 aromatic heterocycles. The summed E-state index contributed by atoms with van der Waals surface area (Å²) in [5.74, 6) is -0.410. The van der Waals surface area contributed by atoms with E-state index in [0.717, 1.165) is 30.4 Å². The molecule has 15 heteroatoms.